The molecule has 5 heteroatoms. The molecule has 1 saturated heterocycles. The van der Waals surface area contributed by atoms with Gasteiger partial charge in [0.05, 0.1) is 4.34 Å². The van der Waals surface area contributed by atoms with Crippen molar-refractivity contribution in [3.8, 4) is 0 Å². The molecule has 1 aromatic carbocycles. The van der Waals surface area contributed by atoms with E-state index in [-0.39, 0.29) is 5.91 Å². The van der Waals surface area contributed by atoms with Gasteiger partial charge >= 0.3 is 0 Å². The van der Waals surface area contributed by atoms with E-state index >= 15 is 0 Å². The average Bonchev–Trinajstić information content (AvgIpc) is 2.94. The second-order valence-electron chi connectivity index (χ2n) is 5.53. The lowest BCUT2D eigenvalue weighted by atomic mass is 10.1. The molecule has 1 amide bonds. The van der Waals surface area contributed by atoms with Crippen molar-refractivity contribution >= 4 is 34.5 Å². The molecule has 1 aliphatic rings. The maximum atomic E-state index is 11.9. The Kier molecular flexibility index (Phi) is 5.01. The van der Waals surface area contributed by atoms with Gasteiger partial charge in [0.15, 0.2) is 0 Å². The number of carbonyl (C=O) groups excluding carboxylic acids is 1. The quantitative estimate of drug-likeness (QED) is 0.871. The first-order valence-electron chi connectivity index (χ1n) is 7.55. The number of piperidine rings is 1. The molecule has 2 aromatic rings. The zero-order valence-corrected chi connectivity index (χ0v) is 13.9. The van der Waals surface area contributed by atoms with Crippen molar-refractivity contribution in [2.24, 2.45) is 0 Å². The van der Waals surface area contributed by atoms with Gasteiger partial charge in [-0.1, -0.05) is 23.7 Å². The first-order valence-corrected chi connectivity index (χ1v) is 8.75. The molecular weight excluding hydrogens is 316 g/mol. The van der Waals surface area contributed by atoms with Crippen molar-refractivity contribution in [1.82, 2.24) is 4.90 Å². The van der Waals surface area contributed by atoms with Crippen molar-refractivity contribution in [2.45, 2.75) is 32.4 Å². The van der Waals surface area contributed by atoms with E-state index in [1.807, 2.05) is 23.1 Å². The lowest BCUT2D eigenvalue weighted by molar-refractivity contribution is -0.133. The minimum atomic E-state index is 0.276. The number of likely N-dealkylation sites (tertiary alicyclic amines) is 1. The largest absolute Gasteiger partial charge is 0.380 e. The highest BCUT2D eigenvalue weighted by Gasteiger charge is 2.17. The van der Waals surface area contributed by atoms with E-state index in [1.165, 1.54) is 10.4 Å². The predicted octanol–water partition coefficient (Wildman–Crippen LogP) is 4.53. The summed E-state index contributed by atoms with van der Waals surface area (Å²) in [5.74, 6) is 0.276. The summed E-state index contributed by atoms with van der Waals surface area (Å²) in [4.78, 5) is 15.1. The predicted molar refractivity (Wildman–Crippen MR) is 92.4 cm³/mol. The van der Waals surface area contributed by atoms with Crippen LogP contribution in [0, 0.1) is 0 Å². The summed E-state index contributed by atoms with van der Waals surface area (Å²) in [5, 5.41) is 3.41. The topological polar surface area (TPSA) is 32.3 Å². The van der Waals surface area contributed by atoms with Crippen LogP contribution in [0.4, 0.5) is 5.69 Å². The molecule has 3 rings (SSSR count). The van der Waals surface area contributed by atoms with E-state index in [4.69, 9.17) is 11.6 Å². The molecule has 22 heavy (non-hydrogen) atoms. The van der Waals surface area contributed by atoms with E-state index in [1.54, 1.807) is 11.3 Å². The number of anilines is 1. The molecule has 1 aromatic heterocycles. The summed E-state index contributed by atoms with van der Waals surface area (Å²) in [6.07, 6.45) is 2.83. The molecule has 3 nitrogen and oxygen atoms in total. The highest BCUT2D eigenvalue weighted by atomic mass is 35.5. The van der Waals surface area contributed by atoms with Crippen molar-refractivity contribution < 1.29 is 4.79 Å². The minimum absolute atomic E-state index is 0.276. The van der Waals surface area contributed by atoms with E-state index < -0.39 is 0 Å². The van der Waals surface area contributed by atoms with Gasteiger partial charge in [-0.05, 0) is 42.7 Å². The van der Waals surface area contributed by atoms with Gasteiger partial charge in [-0.25, -0.2) is 0 Å². The molecule has 2 heterocycles. The molecule has 0 spiro atoms. The van der Waals surface area contributed by atoms with E-state index in [0.29, 0.717) is 13.0 Å². The fourth-order valence-corrected chi connectivity index (χ4v) is 3.69. The Labute approximate surface area is 139 Å². The highest BCUT2D eigenvalue weighted by Crippen LogP contribution is 2.23. The lowest BCUT2D eigenvalue weighted by Crippen LogP contribution is -2.34. The minimum Gasteiger partial charge on any atom is -0.380 e. The maximum Gasteiger partial charge on any atom is 0.222 e. The first kappa shape index (κ1) is 15.4. The third-order valence-corrected chi connectivity index (χ3v) is 5.05. The SMILES string of the molecule is O=C1CCCCN1Cc1cccc(NCc2ccc(Cl)s2)c1. The van der Waals surface area contributed by atoms with Crippen LogP contribution in [0.15, 0.2) is 36.4 Å². The number of nitrogens with one attached hydrogen (secondary N) is 1. The van der Waals surface area contributed by atoms with Gasteiger partial charge in [0.1, 0.15) is 0 Å². The molecule has 0 atom stereocenters. The van der Waals surface area contributed by atoms with Gasteiger partial charge in [-0.15, -0.1) is 11.3 Å². The number of hydrogen-bond acceptors (Lipinski definition) is 3. The fourth-order valence-electron chi connectivity index (χ4n) is 2.66. The Bertz CT molecular complexity index is 656. The Balaban J connectivity index is 1.60. The monoisotopic (exact) mass is 334 g/mol. The second kappa shape index (κ2) is 7.16. The van der Waals surface area contributed by atoms with Gasteiger partial charge in [0.25, 0.3) is 0 Å². The number of benzene rings is 1. The van der Waals surface area contributed by atoms with E-state index in [2.05, 4.69) is 23.5 Å². The summed E-state index contributed by atoms with van der Waals surface area (Å²) >= 11 is 7.53. The molecule has 0 unspecified atom stereocenters. The van der Waals surface area contributed by atoms with Crippen LogP contribution >= 0.6 is 22.9 Å². The lowest BCUT2D eigenvalue weighted by Gasteiger charge is -2.26. The van der Waals surface area contributed by atoms with E-state index in [0.717, 1.165) is 36.0 Å². The average molecular weight is 335 g/mol. The van der Waals surface area contributed by atoms with Crippen molar-refractivity contribution in [3.63, 3.8) is 0 Å². The number of amides is 1. The van der Waals surface area contributed by atoms with Crippen LogP contribution in [0.1, 0.15) is 29.7 Å². The summed E-state index contributed by atoms with van der Waals surface area (Å²) < 4.78 is 0.814. The standard InChI is InChI=1S/C17H19ClN2OS/c18-16-8-7-15(22-16)11-19-14-5-3-4-13(10-14)12-20-9-2-1-6-17(20)21/h3-5,7-8,10,19H,1-2,6,9,11-12H2. The van der Waals surface area contributed by atoms with Crippen molar-refractivity contribution in [1.29, 1.82) is 0 Å². The van der Waals surface area contributed by atoms with E-state index in [9.17, 15) is 4.79 Å². The number of carbonyl (C=O) groups is 1. The van der Waals surface area contributed by atoms with Crippen LogP contribution in [0.5, 0.6) is 0 Å². The zero-order valence-electron chi connectivity index (χ0n) is 12.3. The Hall–Kier alpha value is -1.52. The molecule has 0 aliphatic carbocycles. The summed E-state index contributed by atoms with van der Waals surface area (Å²) in [6.45, 7) is 2.35. The Morgan fingerprint density at radius 1 is 1.23 bits per heavy atom. The number of thiophene rings is 1. The maximum absolute atomic E-state index is 11.9. The van der Waals surface area contributed by atoms with Crippen molar-refractivity contribution in [3.05, 3.63) is 51.2 Å². The number of hydrogen-bond donors (Lipinski definition) is 1. The number of nitrogens with zero attached hydrogens (tertiary/aromatic N) is 1. The van der Waals surface area contributed by atoms with Gasteiger partial charge in [-0.3, -0.25) is 4.79 Å². The summed E-state index contributed by atoms with van der Waals surface area (Å²) in [6, 6.07) is 12.2. The normalized spacial score (nSPS) is 15.1. The van der Waals surface area contributed by atoms with Gasteiger partial charge < -0.3 is 10.2 Å². The number of halogens is 1. The molecule has 1 fully saturated rings. The molecule has 0 radical (unpaired) electrons. The molecular formula is C17H19ClN2OS. The summed E-state index contributed by atoms with van der Waals surface area (Å²) in [7, 11) is 0. The third kappa shape index (κ3) is 4.02. The van der Waals surface area contributed by atoms with Crippen LogP contribution < -0.4 is 5.32 Å². The Morgan fingerprint density at radius 2 is 2.14 bits per heavy atom. The van der Waals surface area contributed by atoms with Crippen molar-refractivity contribution in [2.75, 3.05) is 11.9 Å². The highest BCUT2D eigenvalue weighted by molar-refractivity contribution is 7.16. The van der Waals surface area contributed by atoms with Crippen LogP contribution in [-0.4, -0.2) is 17.4 Å². The molecule has 1 aliphatic heterocycles. The second-order valence-corrected chi connectivity index (χ2v) is 7.33. The molecule has 1 N–H and O–H groups in total. The smallest absolute Gasteiger partial charge is 0.222 e. The zero-order chi connectivity index (χ0) is 15.4. The van der Waals surface area contributed by atoms with Crippen LogP contribution in [0.25, 0.3) is 0 Å². The third-order valence-electron chi connectivity index (χ3n) is 3.82. The van der Waals surface area contributed by atoms with Gasteiger partial charge in [0.2, 0.25) is 5.91 Å². The van der Waals surface area contributed by atoms with Gasteiger partial charge in [0, 0.05) is 36.6 Å². The number of rotatable bonds is 5. The summed E-state index contributed by atoms with van der Waals surface area (Å²) in [5.41, 5.74) is 2.25. The fraction of sp³-hybridized carbons (Fsp3) is 0.353. The molecule has 0 saturated carbocycles. The van der Waals surface area contributed by atoms with Gasteiger partial charge in [-0.2, -0.15) is 0 Å². The van der Waals surface area contributed by atoms with Crippen LogP contribution in [0.2, 0.25) is 4.34 Å². The molecule has 0 bridgehead atoms. The first-order chi connectivity index (χ1) is 10.7. The molecule has 116 valence electrons. The Morgan fingerprint density at radius 3 is 2.91 bits per heavy atom. The van der Waals surface area contributed by atoms with Crippen LogP contribution in [-0.2, 0) is 17.9 Å². The van der Waals surface area contributed by atoms with Crippen LogP contribution in [0.3, 0.4) is 0 Å².